The minimum atomic E-state index is -4.59. The predicted molar refractivity (Wildman–Crippen MR) is 210 cm³/mol. The first-order valence-corrected chi connectivity index (χ1v) is 21.5. The lowest BCUT2D eigenvalue weighted by atomic mass is 10.0. The van der Waals surface area contributed by atoms with Crippen LogP contribution in [0.25, 0.3) is 0 Å². The van der Waals surface area contributed by atoms with Crippen molar-refractivity contribution in [3.8, 4) is 0 Å². The number of hydrogen-bond acceptors (Lipinski definition) is 6. The first kappa shape index (κ1) is 48.5. The Bertz CT molecular complexity index is 959. The summed E-state index contributed by atoms with van der Waals surface area (Å²) < 4.78 is 23.1. The number of hydrogen-bond donors (Lipinski definition) is 2. The molecule has 0 aromatic rings. The van der Waals surface area contributed by atoms with E-state index in [1.807, 2.05) is 27.2 Å². The molecule has 0 rings (SSSR count). The highest BCUT2D eigenvalue weighted by molar-refractivity contribution is 7.45. The molecule has 0 aromatic carbocycles. The summed E-state index contributed by atoms with van der Waals surface area (Å²) in [4.78, 5) is 25.2. The van der Waals surface area contributed by atoms with Crippen LogP contribution in [0, 0.1) is 0 Å². The Morgan fingerprint density at radius 2 is 1.22 bits per heavy atom. The van der Waals surface area contributed by atoms with E-state index in [-0.39, 0.29) is 19.1 Å². The monoisotopic (exact) mass is 725 g/mol. The number of amides is 1. The molecule has 1 amide bonds. The molecule has 0 fully saturated rings. The number of unbranched alkanes of at least 4 members (excludes halogenated alkanes) is 16. The lowest BCUT2D eigenvalue weighted by molar-refractivity contribution is -0.870. The van der Waals surface area contributed by atoms with Crippen LogP contribution in [0.15, 0.2) is 48.6 Å². The van der Waals surface area contributed by atoms with Crippen molar-refractivity contribution < 1.29 is 32.9 Å². The minimum absolute atomic E-state index is 0.00640. The van der Waals surface area contributed by atoms with Gasteiger partial charge in [-0.3, -0.25) is 9.36 Å². The maximum Gasteiger partial charge on any atom is 0.268 e. The van der Waals surface area contributed by atoms with Gasteiger partial charge in [0.25, 0.3) is 7.82 Å². The molecular weight excluding hydrogens is 647 g/mol. The minimum Gasteiger partial charge on any atom is -0.756 e. The second-order valence-electron chi connectivity index (χ2n) is 14.6. The quantitative estimate of drug-likeness (QED) is 0.0292. The first-order chi connectivity index (χ1) is 24.0. The molecule has 8 nitrogen and oxygen atoms in total. The molecule has 0 radical (unpaired) electrons. The van der Waals surface area contributed by atoms with Crippen molar-refractivity contribution in [3.05, 3.63) is 48.6 Å². The second kappa shape index (κ2) is 33.3. The van der Waals surface area contributed by atoms with Crippen LogP contribution in [0.4, 0.5) is 0 Å². The van der Waals surface area contributed by atoms with Crippen molar-refractivity contribution in [1.82, 2.24) is 5.32 Å². The van der Waals surface area contributed by atoms with E-state index in [0.29, 0.717) is 17.4 Å². The summed E-state index contributed by atoms with van der Waals surface area (Å²) in [7, 11) is 1.24. The van der Waals surface area contributed by atoms with Gasteiger partial charge in [0, 0.05) is 6.42 Å². The number of nitrogens with one attached hydrogen (secondary N) is 1. The van der Waals surface area contributed by atoms with Crippen molar-refractivity contribution in [2.45, 2.75) is 167 Å². The summed E-state index contributed by atoms with van der Waals surface area (Å²) in [6.45, 7) is 4.49. The topological polar surface area (TPSA) is 108 Å². The number of carbonyl (C=O) groups excluding carboxylic acids is 1. The van der Waals surface area contributed by atoms with Gasteiger partial charge >= 0.3 is 0 Å². The Morgan fingerprint density at radius 3 is 1.78 bits per heavy atom. The lowest BCUT2D eigenvalue weighted by Gasteiger charge is -2.29. The number of nitrogens with zero attached hydrogens (tertiary/aromatic N) is 1. The Morgan fingerprint density at radius 1 is 0.720 bits per heavy atom. The van der Waals surface area contributed by atoms with Crippen molar-refractivity contribution in [2.75, 3.05) is 40.9 Å². The van der Waals surface area contributed by atoms with E-state index < -0.39 is 20.0 Å². The van der Waals surface area contributed by atoms with Crippen molar-refractivity contribution >= 4 is 13.7 Å². The number of allylic oxidation sites excluding steroid dienone is 7. The normalized spacial score (nSPS) is 15.1. The summed E-state index contributed by atoms with van der Waals surface area (Å²) in [6.07, 6.45) is 40.0. The Labute approximate surface area is 308 Å². The summed E-state index contributed by atoms with van der Waals surface area (Å²) in [5.74, 6) is -0.218. The van der Waals surface area contributed by atoms with E-state index in [0.717, 1.165) is 77.0 Å². The number of rotatable bonds is 35. The predicted octanol–water partition coefficient (Wildman–Crippen LogP) is 9.89. The fourth-order valence-corrected chi connectivity index (χ4v) is 6.06. The number of phosphoric acid groups is 1. The molecule has 50 heavy (non-hydrogen) atoms. The fraction of sp³-hybridized carbons (Fsp3) is 0.780. The Balaban J connectivity index is 4.55. The third-order valence-electron chi connectivity index (χ3n) is 8.54. The zero-order chi connectivity index (χ0) is 37.2. The van der Waals surface area contributed by atoms with Crippen LogP contribution in [0.2, 0.25) is 0 Å². The van der Waals surface area contributed by atoms with Gasteiger partial charge in [-0.15, -0.1) is 0 Å². The second-order valence-corrected chi connectivity index (χ2v) is 16.0. The first-order valence-electron chi connectivity index (χ1n) is 20.0. The lowest BCUT2D eigenvalue weighted by Crippen LogP contribution is -2.45. The third-order valence-corrected chi connectivity index (χ3v) is 9.51. The molecule has 0 aliphatic carbocycles. The van der Waals surface area contributed by atoms with E-state index >= 15 is 0 Å². The van der Waals surface area contributed by atoms with Crippen LogP contribution in [0.5, 0.6) is 0 Å². The molecule has 292 valence electrons. The van der Waals surface area contributed by atoms with Crippen LogP contribution in [-0.4, -0.2) is 68.5 Å². The molecule has 1 unspecified atom stereocenters. The SMILES string of the molecule is CC/C=C\C/C=C\C/C=C\CCCCCCCC(=O)N[C@@H](COP(=O)([O-])OCC[N+](C)(C)C)[C@H](O)/C=C/CCCCCCCCCCCCC. The largest absolute Gasteiger partial charge is 0.756 e. The highest BCUT2D eigenvalue weighted by atomic mass is 31.2. The fourth-order valence-electron chi connectivity index (χ4n) is 5.34. The number of aliphatic hydroxyl groups is 1. The van der Waals surface area contributed by atoms with Crippen LogP contribution in [-0.2, 0) is 18.4 Å². The van der Waals surface area contributed by atoms with Gasteiger partial charge in [-0.25, -0.2) is 0 Å². The van der Waals surface area contributed by atoms with Gasteiger partial charge in [0.05, 0.1) is 39.9 Å². The van der Waals surface area contributed by atoms with Gasteiger partial charge < -0.3 is 28.8 Å². The number of likely N-dealkylation sites (N-methyl/N-ethyl adjacent to an activating group) is 1. The van der Waals surface area contributed by atoms with E-state index in [1.54, 1.807) is 6.08 Å². The standard InChI is InChI=1S/C41H77N2O6P/c1-6-8-10-12-14-16-18-20-21-23-25-27-29-31-33-35-41(45)42-39(38-49-50(46,47)48-37-36-43(3,4)5)40(44)34-32-30-28-26-24-22-19-17-15-13-11-9-7-2/h8,10,14,16,20-21,32,34,39-40,44H,6-7,9,11-13,15,17-19,22-31,33,35-38H2,1-5H3,(H-,42,45,46,47)/b10-8-,16-14-,21-20-,34-32+/t39-,40+/m0/s1. The van der Waals surface area contributed by atoms with Crippen molar-refractivity contribution in [2.24, 2.45) is 0 Å². The molecule has 0 saturated carbocycles. The van der Waals surface area contributed by atoms with Crippen LogP contribution >= 0.6 is 7.82 Å². The van der Waals surface area contributed by atoms with Crippen molar-refractivity contribution in [1.29, 1.82) is 0 Å². The smallest absolute Gasteiger partial charge is 0.268 e. The molecule has 0 aliphatic heterocycles. The number of phosphoric ester groups is 1. The summed E-state index contributed by atoms with van der Waals surface area (Å²) in [5.41, 5.74) is 0. The van der Waals surface area contributed by atoms with Gasteiger partial charge in [-0.1, -0.05) is 146 Å². The Kier molecular flexibility index (Phi) is 32.3. The molecule has 2 N–H and O–H groups in total. The summed E-state index contributed by atoms with van der Waals surface area (Å²) in [6, 6.07) is -0.894. The number of aliphatic hydroxyl groups excluding tert-OH is 1. The maximum atomic E-state index is 12.8. The van der Waals surface area contributed by atoms with Crippen LogP contribution in [0.1, 0.15) is 155 Å². The zero-order valence-electron chi connectivity index (χ0n) is 32.8. The number of quaternary nitrogens is 1. The van der Waals surface area contributed by atoms with Gasteiger partial charge in [0.2, 0.25) is 5.91 Å². The van der Waals surface area contributed by atoms with E-state index in [9.17, 15) is 19.4 Å². The highest BCUT2D eigenvalue weighted by Crippen LogP contribution is 2.38. The average molecular weight is 725 g/mol. The summed E-state index contributed by atoms with van der Waals surface area (Å²) >= 11 is 0. The van der Waals surface area contributed by atoms with Gasteiger partial charge in [0.15, 0.2) is 0 Å². The van der Waals surface area contributed by atoms with Gasteiger partial charge in [0.1, 0.15) is 13.2 Å². The van der Waals surface area contributed by atoms with Gasteiger partial charge in [-0.05, 0) is 51.4 Å². The molecular formula is C41H77N2O6P. The van der Waals surface area contributed by atoms with Crippen molar-refractivity contribution in [3.63, 3.8) is 0 Å². The zero-order valence-corrected chi connectivity index (χ0v) is 33.7. The summed E-state index contributed by atoms with van der Waals surface area (Å²) in [5, 5.41) is 13.7. The van der Waals surface area contributed by atoms with E-state index in [1.165, 1.54) is 57.8 Å². The molecule has 0 saturated heterocycles. The molecule has 0 bridgehead atoms. The van der Waals surface area contributed by atoms with Crippen LogP contribution in [0.3, 0.4) is 0 Å². The average Bonchev–Trinajstić information content (AvgIpc) is 3.06. The van der Waals surface area contributed by atoms with E-state index in [2.05, 4.69) is 55.6 Å². The molecule has 0 aliphatic rings. The molecule has 3 atom stereocenters. The molecule has 0 spiro atoms. The third kappa shape index (κ3) is 34.9. The molecule has 9 heteroatoms. The highest BCUT2D eigenvalue weighted by Gasteiger charge is 2.23. The van der Waals surface area contributed by atoms with Crippen LogP contribution < -0.4 is 10.2 Å². The Hall–Kier alpha value is -1.54. The van der Waals surface area contributed by atoms with E-state index in [4.69, 9.17) is 9.05 Å². The maximum absolute atomic E-state index is 12.8. The number of carbonyl (C=O) groups is 1. The van der Waals surface area contributed by atoms with Gasteiger partial charge in [-0.2, -0.15) is 0 Å². The molecule has 0 aromatic heterocycles. The molecule has 0 heterocycles.